The molecule has 4 heteroatoms. The molecule has 1 aromatic heterocycles. The van der Waals surface area contributed by atoms with Crippen LogP contribution >= 0.6 is 0 Å². The Morgan fingerprint density at radius 2 is 1.85 bits per heavy atom. The number of hydrogen-bond acceptors (Lipinski definition) is 3. The number of hydrogen-bond donors (Lipinski definition) is 1. The first-order chi connectivity index (χ1) is 9.92. The maximum absolute atomic E-state index is 4.08. The zero-order valence-corrected chi connectivity index (χ0v) is 12.5. The van der Waals surface area contributed by atoms with Gasteiger partial charge in [-0.3, -0.25) is 0 Å². The smallest absolute Gasteiger partial charge is 0.0946 e. The van der Waals surface area contributed by atoms with E-state index in [4.69, 9.17) is 0 Å². The monoisotopic (exact) mass is 276 g/mol. The van der Waals surface area contributed by atoms with E-state index in [1.807, 2.05) is 18.7 Å². The summed E-state index contributed by atoms with van der Waals surface area (Å²) in [6.45, 7) is 4.69. The first-order valence-electron chi connectivity index (χ1n) is 8.35. The molecule has 3 rings (SSSR count). The number of nitrogens with zero attached hydrogens (tertiary/aromatic N) is 3. The van der Waals surface area contributed by atoms with Gasteiger partial charge in [0.25, 0.3) is 0 Å². The van der Waals surface area contributed by atoms with E-state index in [0.717, 1.165) is 25.2 Å². The third-order valence-corrected chi connectivity index (χ3v) is 4.98. The van der Waals surface area contributed by atoms with E-state index in [9.17, 15) is 0 Å². The minimum absolute atomic E-state index is 0.721. The molecule has 1 N–H and O–H groups in total. The van der Waals surface area contributed by atoms with Crippen LogP contribution in [0, 0.1) is 0 Å². The van der Waals surface area contributed by atoms with E-state index in [2.05, 4.69) is 19.8 Å². The Morgan fingerprint density at radius 1 is 1.05 bits per heavy atom. The summed E-state index contributed by atoms with van der Waals surface area (Å²) in [6.07, 6.45) is 15.7. The second kappa shape index (κ2) is 7.23. The molecule has 1 saturated heterocycles. The molecule has 0 spiro atoms. The molecule has 112 valence electrons. The third-order valence-electron chi connectivity index (χ3n) is 4.98. The number of piperidine rings is 1. The molecule has 0 aromatic carbocycles. The van der Waals surface area contributed by atoms with E-state index in [1.54, 1.807) is 0 Å². The lowest BCUT2D eigenvalue weighted by molar-refractivity contribution is 0.115. The lowest BCUT2D eigenvalue weighted by Crippen LogP contribution is -2.47. The Balaban J connectivity index is 1.33. The van der Waals surface area contributed by atoms with Gasteiger partial charge in [0.05, 0.1) is 6.33 Å². The Labute approximate surface area is 122 Å². The largest absolute Gasteiger partial charge is 0.336 e. The highest BCUT2D eigenvalue weighted by Gasteiger charge is 2.25. The number of likely N-dealkylation sites (tertiary alicyclic amines) is 1. The first-order valence-corrected chi connectivity index (χ1v) is 8.35. The summed E-state index contributed by atoms with van der Waals surface area (Å²) < 4.78 is 2.14. The van der Waals surface area contributed by atoms with Crippen LogP contribution in [0.2, 0.25) is 0 Å². The van der Waals surface area contributed by atoms with Crippen LogP contribution in [0.4, 0.5) is 0 Å². The summed E-state index contributed by atoms with van der Waals surface area (Å²) >= 11 is 0. The summed E-state index contributed by atoms with van der Waals surface area (Å²) in [5, 5.41) is 3.71. The van der Waals surface area contributed by atoms with Crippen LogP contribution in [-0.2, 0) is 6.54 Å². The van der Waals surface area contributed by atoms with Gasteiger partial charge in [-0.1, -0.05) is 19.3 Å². The van der Waals surface area contributed by atoms with Crippen molar-refractivity contribution >= 4 is 0 Å². The number of aromatic nitrogens is 2. The highest BCUT2D eigenvalue weighted by Crippen LogP contribution is 2.25. The van der Waals surface area contributed by atoms with Gasteiger partial charge in [-0.05, 0) is 38.8 Å². The van der Waals surface area contributed by atoms with Crippen LogP contribution in [-0.4, -0.2) is 46.2 Å². The highest BCUT2D eigenvalue weighted by atomic mass is 15.2. The molecule has 1 aliphatic heterocycles. The maximum Gasteiger partial charge on any atom is 0.0946 e. The molecule has 2 aliphatic rings. The maximum atomic E-state index is 4.08. The number of imidazole rings is 1. The van der Waals surface area contributed by atoms with Crippen molar-refractivity contribution in [3.05, 3.63) is 18.7 Å². The quantitative estimate of drug-likeness (QED) is 0.895. The van der Waals surface area contributed by atoms with Crippen LogP contribution in [0.1, 0.15) is 44.9 Å². The Hall–Kier alpha value is -0.870. The molecular formula is C16H28N4. The van der Waals surface area contributed by atoms with E-state index in [-0.39, 0.29) is 0 Å². The molecule has 2 fully saturated rings. The predicted octanol–water partition coefficient (Wildman–Crippen LogP) is 2.27. The van der Waals surface area contributed by atoms with E-state index >= 15 is 0 Å². The van der Waals surface area contributed by atoms with Crippen molar-refractivity contribution in [2.75, 3.05) is 19.6 Å². The minimum atomic E-state index is 0.721. The summed E-state index contributed by atoms with van der Waals surface area (Å²) in [4.78, 5) is 6.83. The zero-order chi connectivity index (χ0) is 13.6. The van der Waals surface area contributed by atoms with Gasteiger partial charge in [-0.15, -0.1) is 0 Å². The minimum Gasteiger partial charge on any atom is -0.336 e. The normalized spacial score (nSPS) is 23.2. The van der Waals surface area contributed by atoms with Crippen molar-refractivity contribution in [3.8, 4) is 0 Å². The van der Waals surface area contributed by atoms with Crippen LogP contribution in [0.3, 0.4) is 0 Å². The van der Waals surface area contributed by atoms with Gasteiger partial charge in [0.15, 0.2) is 0 Å². The molecule has 2 heterocycles. The molecule has 1 aliphatic carbocycles. The van der Waals surface area contributed by atoms with Gasteiger partial charge in [0.1, 0.15) is 0 Å². The molecule has 1 aromatic rings. The van der Waals surface area contributed by atoms with Gasteiger partial charge in [-0.25, -0.2) is 4.98 Å². The molecule has 0 bridgehead atoms. The molecule has 0 radical (unpaired) electrons. The van der Waals surface area contributed by atoms with E-state index in [1.165, 1.54) is 58.0 Å². The summed E-state index contributed by atoms with van der Waals surface area (Å²) in [6, 6.07) is 1.62. The molecule has 4 nitrogen and oxygen atoms in total. The average molecular weight is 276 g/mol. The van der Waals surface area contributed by atoms with Crippen molar-refractivity contribution in [2.24, 2.45) is 0 Å². The molecule has 0 unspecified atom stereocenters. The van der Waals surface area contributed by atoms with Gasteiger partial charge in [0.2, 0.25) is 0 Å². The third kappa shape index (κ3) is 3.83. The fourth-order valence-corrected chi connectivity index (χ4v) is 3.73. The molecule has 0 atom stereocenters. The summed E-state index contributed by atoms with van der Waals surface area (Å²) in [7, 11) is 0. The van der Waals surface area contributed by atoms with Crippen LogP contribution < -0.4 is 5.32 Å². The van der Waals surface area contributed by atoms with Crippen LogP contribution in [0.25, 0.3) is 0 Å². The average Bonchev–Trinajstić information content (AvgIpc) is 3.02. The number of rotatable bonds is 5. The van der Waals surface area contributed by atoms with Crippen molar-refractivity contribution in [3.63, 3.8) is 0 Å². The van der Waals surface area contributed by atoms with Crippen molar-refractivity contribution in [1.82, 2.24) is 19.8 Å². The SMILES string of the molecule is c1cn(CCNC2CCN(C3CCCCC3)CC2)cn1. The van der Waals surface area contributed by atoms with Gasteiger partial charge in [-0.2, -0.15) is 0 Å². The van der Waals surface area contributed by atoms with Crippen molar-refractivity contribution in [2.45, 2.75) is 63.6 Å². The van der Waals surface area contributed by atoms with E-state index < -0.39 is 0 Å². The first kappa shape index (κ1) is 14.1. The Kier molecular flexibility index (Phi) is 5.09. The fourth-order valence-electron chi connectivity index (χ4n) is 3.73. The second-order valence-corrected chi connectivity index (χ2v) is 6.36. The zero-order valence-electron chi connectivity index (χ0n) is 12.5. The van der Waals surface area contributed by atoms with Crippen molar-refractivity contribution < 1.29 is 0 Å². The van der Waals surface area contributed by atoms with Gasteiger partial charge in [0, 0.05) is 37.6 Å². The topological polar surface area (TPSA) is 33.1 Å². The van der Waals surface area contributed by atoms with Crippen LogP contribution in [0.5, 0.6) is 0 Å². The predicted molar refractivity (Wildman–Crippen MR) is 81.7 cm³/mol. The number of nitrogens with one attached hydrogen (secondary N) is 1. The second-order valence-electron chi connectivity index (χ2n) is 6.36. The lowest BCUT2D eigenvalue weighted by Gasteiger charge is -2.39. The van der Waals surface area contributed by atoms with E-state index in [0.29, 0.717) is 0 Å². The fraction of sp³-hybridized carbons (Fsp3) is 0.812. The highest BCUT2D eigenvalue weighted by molar-refractivity contribution is 4.83. The Bertz CT molecular complexity index is 362. The molecule has 1 saturated carbocycles. The van der Waals surface area contributed by atoms with Crippen molar-refractivity contribution in [1.29, 1.82) is 0 Å². The van der Waals surface area contributed by atoms with Gasteiger partial charge >= 0.3 is 0 Å². The summed E-state index contributed by atoms with van der Waals surface area (Å²) in [5.41, 5.74) is 0. The van der Waals surface area contributed by atoms with Crippen LogP contribution in [0.15, 0.2) is 18.7 Å². The molecule has 0 amide bonds. The molecule has 20 heavy (non-hydrogen) atoms. The molecular weight excluding hydrogens is 248 g/mol. The standard InChI is InChI=1S/C16H28N4/c1-2-4-16(5-3-1)20-10-6-15(7-11-20)18-9-13-19-12-8-17-14-19/h8,12,14-16,18H,1-7,9-11,13H2. The lowest BCUT2D eigenvalue weighted by atomic mass is 9.92. The Morgan fingerprint density at radius 3 is 2.55 bits per heavy atom. The summed E-state index contributed by atoms with van der Waals surface area (Å²) in [5.74, 6) is 0. The van der Waals surface area contributed by atoms with Gasteiger partial charge < -0.3 is 14.8 Å².